The smallest absolute Gasteiger partial charge is 0.126 e. The first-order chi connectivity index (χ1) is 10.2. The Morgan fingerprint density at radius 2 is 2.00 bits per heavy atom. The highest BCUT2D eigenvalue weighted by Crippen LogP contribution is 2.34. The highest BCUT2D eigenvalue weighted by molar-refractivity contribution is 5.37. The molecule has 0 bridgehead atoms. The van der Waals surface area contributed by atoms with Crippen molar-refractivity contribution in [3.63, 3.8) is 0 Å². The minimum absolute atomic E-state index is 0.0946. The van der Waals surface area contributed by atoms with Crippen LogP contribution in [0.3, 0.4) is 0 Å². The Morgan fingerprint density at radius 3 is 2.71 bits per heavy atom. The molecule has 3 rings (SSSR count). The third-order valence-electron chi connectivity index (χ3n) is 4.20. The standard InChI is InChI=1S/C18H17FN2/c1-12(14-7-5-13(11-20)6-8-14)21-18-10-9-15-16(18)3-2-4-17(15)19/h2-8,12,18,21H,9-10H2,1H3. The summed E-state index contributed by atoms with van der Waals surface area (Å²) in [6, 6.07) is 15.4. The molecule has 2 nitrogen and oxygen atoms in total. The first kappa shape index (κ1) is 13.8. The normalized spacial score (nSPS) is 18.0. The molecule has 0 amide bonds. The van der Waals surface area contributed by atoms with E-state index in [0.29, 0.717) is 5.56 Å². The van der Waals surface area contributed by atoms with Gasteiger partial charge in [0.25, 0.3) is 0 Å². The van der Waals surface area contributed by atoms with Crippen LogP contribution in [0.1, 0.15) is 47.7 Å². The van der Waals surface area contributed by atoms with Crippen molar-refractivity contribution in [2.45, 2.75) is 31.8 Å². The van der Waals surface area contributed by atoms with Crippen molar-refractivity contribution < 1.29 is 4.39 Å². The van der Waals surface area contributed by atoms with Crippen molar-refractivity contribution in [2.75, 3.05) is 0 Å². The number of benzene rings is 2. The van der Waals surface area contributed by atoms with Gasteiger partial charge < -0.3 is 5.32 Å². The maximum Gasteiger partial charge on any atom is 0.126 e. The van der Waals surface area contributed by atoms with Crippen molar-refractivity contribution in [3.8, 4) is 6.07 Å². The van der Waals surface area contributed by atoms with E-state index in [1.807, 2.05) is 30.3 Å². The van der Waals surface area contributed by atoms with Crippen molar-refractivity contribution in [3.05, 3.63) is 70.5 Å². The molecule has 2 unspecified atom stereocenters. The van der Waals surface area contributed by atoms with Gasteiger partial charge in [-0.2, -0.15) is 5.26 Å². The topological polar surface area (TPSA) is 35.8 Å². The number of hydrogen-bond acceptors (Lipinski definition) is 2. The highest BCUT2D eigenvalue weighted by atomic mass is 19.1. The van der Waals surface area contributed by atoms with Crippen molar-refractivity contribution in [1.82, 2.24) is 5.32 Å². The van der Waals surface area contributed by atoms with Gasteiger partial charge in [-0.1, -0.05) is 24.3 Å². The maximum atomic E-state index is 13.7. The molecule has 0 saturated heterocycles. The molecule has 0 saturated carbocycles. The molecular weight excluding hydrogens is 263 g/mol. The van der Waals surface area contributed by atoms with E-state index in [-0.39, 0.29) is 17.9 Å². The fraction of sp³-hybridized carbons (Fsp3) is 0.278. The molecule has 2 atom stereocenters. The van der Waals surface area contributed by atoms with Gasteiger partial charge in [0.2, 0.25) is 0 Å². The lowest BCUT2D eigenvalue weighted by molar-refractivity contribution is 0.465. The summed E-state index contributed by atoms with van der Waals surface area (Å²) in [7, 11) is 0. The SMILES string of the molecule is CC(NC1CCc2c(F)cccc21)c1ccc(C#N)cc1. The predicted octanol–water partition coefficient (Wildman–Crippen LogP) is 4.04. The molecule has 1 aliphatic carbocycles. The van der Waals surface area contributed by atoms with Gasteiger partial charge in [-0.05, 0) is 54.7 Å². The van der Waals surface area contributed by atoms with Gasteiger partial charge >= 0.3 is 0 Å². The van der Waals surface area contributed by atoms with E-state index in [9.17, 15) is 4.39 Å². The summed E-state index contributed by atoms with van der Waals surface area (Å²) in [4.78, 5) is 0. The Labute approximate surface area is 124 Å². The molecule has 0 fully saturated rings. The zero-order valence-electron chi connectivity index (χ0n) is 11.9. The maximum absolute atomic E-state index is 13.7. The number of rotatable bonds is 3. The summed E-state index contributed by atoms with van der Waals surface area (Å²) in [6.45, 7) is 2.10. The van der Waals surface area contributed by atoms with Gasteiger partial charge in [0.1, 0.15) is 5.82 Å². The zero-order chi connectivity index (χ0) is 14.8. The average Bonchev–Trinajstić information content (AvgIpc) is 2.92. The molecular formula is C18H17FN2. The monoisotopic (exact) mass is 280 g/mol. The number of halogens is 1. The number of nitrogens with zero attached hydrogens (tertiary/aromatic N) is 1. The van der Waals surface area contributed by atoms with E-state index < -0.39 is 0 Å². The van der Waals surface area contributed by atoms with Gasteiger partial charge in [-0.25, -0.2) is 4.39 Å². The number of fused-ring (bicyclic) bond motifs is 1. The Kier molecular flexibility index (Phi) is 3.72. The molecule has 0 aliphatic heterocycles. The number of nitriles is 1. The average molecular weight is 280 g/mol. The quantitative estimate of drug-likeness (QED) is 0.921. The van der Waals surface area contributed by atoms with Crippen LogP contribution >= 0.6 is 0 Å². The first-order valence-corrected chi connectivity index (χ1v) is 7.22. The van der Waals surface area contributed by atoms with Gasteiger partial charge in [0.05, 0.1) is 11.6 Å². The van der Waals surface area contributed by atoms with Gasteiger partial charge in [0, 0.05) is 12.1 Å². The summed E-state index contributed by atoms with van der Waals surface area (Å²) in [5.74, 6) is -0.0946. The van der Waals surface area contributed by atoms with Crippen molar-refractivity contribution in [2.24, 2.45) is 0 Å². The molecule has 2 aromatic rings. The summed E-state index contributed by atoms with van der Waals surface area (Å²) in [5.41, 5.74) is 3.73. The number of hydrogen-bond donors (Lipinski definition) is 1. The third kappa shape index (κ3) is 2.68. The van der Waals surface area contributed by atoms with Crippen LogP contribution in [0, 0.1) is 17.1 Å². The molecule has 3 heteroatoms. The van der Waals surface area contributed by atoms with Crippen molar-refractivity contribution in [1.29, 1.82) is 5.26 Å². The second-order valence-electron chi connectivity index (χ2n) is 5.52. The molecule has 0 aromatic heterocycles. The summed E-state index contributed by atoms with van der Waals surface area (Å²) >= 11 is 0. The minimum atomic E-state index is -0.0946. The molecule has 2 aromatic carbocycles. The Morgan fingerprint density at radius 1 is 1.24 bits per heavy atom. The van der Waals surface area contributed by atoms with Gasteiger partial charge in [-0.15, -0.1) is 0 Å². The van der Waals surface area contributed by atoms with E-state index in [2.05, 4.69) is 18.3 Å². The lowest BCUT2D eigenvalue weighted by atomic mass is 10.0. The van der Waals surface area contributed by atoms with Crippen molar-refractivity contribution >= 4 is 0 Å². The summed E-state index contributed by atoms with van der Waals surface area (Å²) in [5, 5.41) is 12.4. The van der Waals surface area contributed by atoms with Crippen LogP contribution in [0.4, 0.5) is 4.39 Å². The molecule has 0 spiro atoms. The van der Waals surface area contributed by atoms with E-state index in [4.69, 9.17) is 5.26 Å². The highest BCUT2D eigenvalue weighted by Gasteiger charge is 2.25. The number of nitrogens with one attached hydrogen (secondary N) is 1. The minimum Gasteiger partial charge on any atom is -0.303 e. The lowest BCUT2D eigenvalue weighted by Crippen LogP contribution is -2.23. The van der Waals surface area contributed by atoms with E-state index in [0.717, 1.165) is 29.5 Å². The largest absolute Gasteiger partial charge is 0.303 e. The third-order valence-corrected chi connectivity index (χ3v) is 4.20. The molecule has 0 heterocycles. The second-order valence-corrected chi connectivity index (χ2v) is 5.52. The Balaban J connectivity index is 1.76. The molecule has 1 aliphatic rings. The molecule has 21 heavy (non-hydrogen) atoms. The Hall–Kier alpha value is -2.18. The zero-order valence-corrected chi connectivity index (χ0v) is 11.9. The van der Waals surface area contributed by atoms with Crippen LogP contribution in [-0.4, -0.2) is 0 Å². The van der Waals surface area contributed by atoms with E-state index in [1.54, 1.807) is 6.07 Å². The van der Waals surface area contributed by atoms with Crippen LogP contribution < -0.4 is 5.32 Å². The van der Waals surface area contributed by atoms with Crippen LogP contribution in [0.25, 0.3) is 0 Å². The van der Waals surface area contributed by atoms with Crippen LogP contribution in [-0.2, 0) is 6.42 Å². The Bertz CT molecular complexity index is 685. The molecule has 106 valence electrons. The first-order valence-electron chi connectivity index (χ1n) is 7.22. The summed E-state index contributed by atoms with van der Waals surface area (Å²) < 4.78 is 13.7. The lowest BCUT2D eigenvalue weighted by Gasteiger charge is -2.21. The van der Waals surface area contributed by atoms with Crippen LogP contribution in [0.15, 0.2) is 42.5 Å². The van der Waals surface area contributed by atoms with E-state index in [1.165, 1.54) is 6.07 Å². The van der Waals surface area contributed by atoms with Gasteiger partial charge in [-0.3, -0.25) is 0 Å². The molecule has 0 radical (unpaired) electrons. The predicted molar refractivity (Wildman–Crippen MR) is 80.2 cm³/mol. The fourth-order valence-electron chi connectivity index (χ4n) is 3.03. The fourth-order valence-corrected chi connectivity index (χ4v) is 3.03. The van der Waals surface area contributed by atoms with E-state index >= 15 is 0 Å². The van der Waals surface area contributed by atoms with Crippen LogP contribution in [0.5, 0.6) is 0 Å². The second kappa shape index (κ2) is 5.67. The summed E-state index contributed by atoms with van der Waals surface area (Å²) in [6.07, 6.45) is 1.72. The molecule has 1 N–H and O–H groups in total. The van der Waals surface area contributed by atoms with Crippen LogP contribution in [0.2, 0.25) is 0 Å². The van der Waals surface area contributed by atoms with Gasteiger partial charge in [0.15, 0.2) is 0 Å².